The number of ketones is 1. The third-order valence-corrected chi connectivity index (χ3v) is 5.34. The fourth-order valence-corrected chi connectivity index (χ4v) is 3.51. The molecule has 0 bridgehead atoms. The van der Waals surface area contributed by atoms with Crippen LogP contribution in [0, 0.1) is 0 Å². The van der Waals surface area contributed by atoms with E-state index in [0.717, 1.165) is 12.1 Å². The Morgan fingerprint density at radius 2 is 1.92 bits per heavy atom. The van der Waals surface area contributed by atoms with Crippen LogP contribution in [-0.4, -0.2) is 38.4 Å². The Labute approximate surface area is 208 Å². The summed E-state index contributed by atoms with van der Waals surface area (Å²) in [5.74, 6) is -3.57. The first-order chi connectivity index (χ1) is 17.0. The number of pyridine rings is 1. The van der Waals surface area contributed by atoms with E-state index in [9.17, 15) is 27.6 Å². The maximum atomic E-state index is 13.8. The molecule has 3 rings (SSSR count). The van der Waals surface area contributed by atoms with Crippen molar-refractivity contribution in [3.8, 4) is 5.75 Å². The Balaban J connectivity index is 1.79. The van der Waals surface area contributed by atoms with Crippen LogP contribution in [0.2, 0.25) is 5.02 Å². The summed E-state index contributed by atoms with van der Waals surface area (Å²) in [7, 11) is 1.61. The normalized spacial score (nSPS) is 12.1. The second-order valence-corrected chi connectivity index (χ2v) is 7.91. The van der Waals surface area contributed by atoms with Gasteiger partial charge in [-0.3, -0.25) is 24.0 Å². The van der Waals surface area contributed by atoms with Crippen LogP contribution in [-0.2, 0) is 29.4 Å². The monoisotopic (exact) mass is 523 g/mol. The number of hydrogen-bond acceptors (Lipinski definition) is 6. The zero-order valence-corrected chi connectivity index (χ0v) is 19.9. The SMILES string of the molecule is CC[C@@H](NC(=O)c1ccc(OCc2ccccn2)c(C(F)(F)F)c1Cl)C(=O)C(=O)Nc1ccn(C)n1. The van der Waals surface area contributed by atoms with Gasteiger partial charge in [-0.2, -0.15) is 18.3 Å². The van der Waals surface area contributed by atoms with Crippen LogP contribution in [0.4, 0.5) is 19.0 Å². The molecular formula is C23H21ClF3N5O4. The van der Waals surface area contributed by atoms with Crippen molar-refractivity contribution < 1.29 is 32.3 Å². The van der Waals surface area contributed by atoms with Gasteiger partial charge in [0.25, 0.3) is 11.8 Å². The molecule has 3 aromatic rings. The predicted octanol–water partition coefficient (Wildman–Crippen LogP) is 3.78. The lowest BCUT2D eigenvalue weighted by Gasteiger charge is -2.19. The molecule has 2 aromatic heterocycles. The molecule has 13 heteroatoms. The van der Waals surface area contributed by atoms with Crippen LogP contribution in [0.25, 0.3) is 0 Å². The molecule has 0 spiro atoms. The summed E-state index contributed by atoms with van der Waals surface area (Å²) in [6, 6.07) is 7.02. The Hall–Kier alpha value is -3.93. The number of hydrogen-bond donors (Lipinski definition) is 2. The Bertz CT molecular complexity index is 1260. The summed E-state index contributed by atoms with van der Waals surface area (Å²) in [5, 5.41) is 7.59. The number of halogens is 4. The lowest BCUT2D eigenvalue weighted by atomic mass is 10.1. The lowest BCUT2D eigenvalue weighted by molar-refractivity contribution is -0.139. The molecule has 190 valence electrons. The van der Waals surface area contributed by atoms with Crippen LogP contribution in [0.5, 0.6) is 5.75 Å². The molecule has 0 unspecified atom stereocenters. The quantitative estimate of drug-likeness (QED) is 0.412. The third-order valence-electron chi connectivity index (χ3n) is 4.94. The molecule has 0 saturated heterocycles. The first-order valence-corrected chi connectivity index (χ1v) is 11.0. The molecule has 0 saturated carbocycles. The van der Waals surface area contributed by atoms with Gasteiger partial charge in [-0.05, 0) is 30.7 Å². The average Bonchev–Trinajstić information content (AvgIpc) is 3.24. The first kappa shape index (κ1) is 26.7. The van der Waals surface area contributed by atoms with E-state index in [1.54, 1.807) is 31.4 Å². The molecular weight excluding hydrogens is 503 g/mol. The molecule has 2 heterocycles. The van der Waals surface area contributed by atoms with E-state index in [4.69, 9.17) is 16.3 Å². The molecule has 1 aromatic carbocycles. The van der Waals surface area contributed by atoms with Crippen molar-refractivity contribution in [1.29, 1.82) is 0 Å². The van der Waals surface area contributed by atoms with Crippen molar-refractivity contribution in [2.75, 3.05) is 5.32 Å². The maximum absolute atomic E-state index is 13.8. The van der Waals surface area contributed by atoms with E-state index in [0.29, 0.717) is 5.69 Å². The Morgan fingerprint density at radius 1 is 1.17 bits per heavy atom. The number of carbonyl (C=O) groups is 3. The van der Waals surface area contributed by atoms with E-state index < -0.39 is 51.7 Å². The molecule has 0 aliphatic carbocycles. The molecule has 0 aliphatic heterocycles. The minimum atomic E-state index is -4.95. The van der Waals surface area contributed by atoms with Gasteiger partial charge in [0.15, 0.2) is 5.82 Å². The van der Waals surface area contributed by atoms with Gasteiger partial charge in [0.1, 0.15) is 17.9 Å². The summed E-state index contributed by atoms with van der Waals surface area (Å²) in [5.41, 5.74) is -1.50. The van der Waals surface area contributed by atoms with Crippen molar-refractivity contribution in [1.82, 2.24) is 20.1 Å². The lowest BCUT2D eigenvalue weighted by Crippen LogP contribution is -2.45. The van der Waals surface area contributed by atoms with E-state index in [1.807, 2.05) is 0 Å². The standard InChI is InChI=1S/C23H21ClF3N5O4/c1-3-15(20(33)22(35)30-17-9-11-32(2)31-17)29-21(34)14-7-8-16(18(19(14)24)23(25,26)27)36-12-13-6-4-5-10-28-13/h4-11,15H,3,12H2,1-2H3,(H,29,34)(H,30,31,35)/t15-/m1/s1. The highest BCUT2D eigenvalue weighted by Gasteiger charge is 2.39. The number of nitrogens with one attached hydrogen (secondary N) is 2. The highest BCUT2D eigenvalue weighted by molar-refractivity contribution is 6.42. The minimum absolute atomic E-state index is 0.00473. The van der Waals surface area contributed by atoms with Crippen LogP contribution in [0.15, 0.2) is 48.8 Å². The topological polar surface area (TPSA) is 115 Å². The molecule has 36 heavy (non-hydrogen) atoms. The number of benzene rings is 1. The smallest absolute Gasteiger partial charge is 0.421 e. The number of alkyl halides is 3. The van der Waals surface area contributed by atoms with Gasteiger partial charge in [-0.25, -0.2) is 0 Å². The van der Waals surface area contributed by atoms with Gasteiger partial charge in [-0.15, -0.1) is 0 Å². The molecule has 1 atom stereocenters. The van der Waals surface area contributed by atoms with Crippen molar-refractivity contribution in [2.45, 2.75) is 32.2 Å². The average molecular weight is 524 g/mol. The molecule has 9 nitrogen and oxygen atoms in total. The number of aryl methyl sites for hydroxylation is 1. The number of Topliss-reactive ketones (excluding diaryl/α,β-unsaturated/α-hetero) is 1. The van der Waals surface area contributed by atoms with Crippen LogP contribution < -0.4 is 15.4 Å². The fraction of sp³-hybridized carbons (Fsp3) is 0.261. The number of nitrogens with zero attached hydrogens (tertiary/aromatic N) is 3. The Morgan fingerprint density at radius 3 is 2.50 bits per heavy atom. The number of rotatable bonds is 9. The second-order valence-electron chi connectivity index (χ2n) is 7.54. The van der Waals surface area contributed by atoms with Gasteiger partial charge in [0, 0.05) is 25.5 Å². The molecule has 0 fully saturated rings. The van der Waals surface area contributed by atoms with E-state index in [2.05, 4.69) is 20.7 Å². The van der Waals surface area contributed by atoms with Crippen LogP contribution >= 0.6 is 11.6 Å². The van der Waals surface area contributed by atoms with Gasteiger partial charge in [0.2, 0.25) is 5.78 Å². The summed E-state index contributed by atoms with van der Waals surface area (Å²) in [4.78, 5) is 41.6. The molecule has 2 amide bonds. The summed E-state index contributed by atoms with van der Waals surface area (Å²) in [6.07, 6.45) is -1.94. The van der Waals surface area contributed by atoms with Crippen molar-refractivity contribution in [2.24, 2.45) is 7.05 Å². The zero-order chi connectivity index (χ0) is 26.5. The molecule has 2 N–H and O–H groups in total. The number of anilines is 1. The van der Waals surface area contributed by atoms with Gasteiger partial charge >= 0.3 is 6.18 Å². The summed E-state index contributed by atoms with van der Waals surface area (Å²) < 4.78 is 48.2. The highest BCUT2D eigenvalue weighted by Crippen LogP contribution is 2.42. The fourth-order valence-electron chi connectivity index (χ4n) is 3.16. The molecule has 0 radical (unpaired) electrons. The largest absolute Gasteiger partial charge is 0.487 e. The Kier molecular flexibility index (Phi) is 8.30. The highest BCUT2D eigenvalue weighted by atomic mass is 35.5. The minimum Gasteiger partial charge on any atom is -0.487 e. The van der Waals surface area contributed by atoms with E-state index in [1.165, 1.54) is 23.9 Å². The number of carbonyl (C=O) groups excluding carboxylic acids is 3. The van der Waals surface area contributed by atoms with Crippen LogP contribution in [0.1, 0.15) is 35.0 Å². The van der Waals surface area contributed by atoms with Crippen molar-refractivity contribution in [3.05, 3.63) is 70.6 Å². The summed E-state index contributed by atoms with van der Waals surface area (Å²) >= 11 is 6.00. The third kappa shape index (κ3) is 6.39. The van der Waals surface area contributed by atoms with Crippen molar-refractivity contribution >= 4 is 35.0 Å². The van der Waals surface area contributed by atoms with Crippen molar-refractivity contribution in [3.63, 3.8) is 0 Å². The number of aromatic nitrogens is 3. The van der Waals surface area contributed by atoms with E-state index in [-0.39, 0.29) is 18.8 Å². The predicted molar refractivity (Wildman–Crippen MR) is 123 cm³/mol. The van der Waals surface area contributed by atoms with E-state index >= 15 is 0 Å². The summed E-state index contributed by atoms with van der Waals surface area (Å²) in [6.45, 7) is 1.26. The number of ether oxygens (including phenoxy) is 1. The maximum Gasteiger partial charge on any atom is 0.421 e. The zero-order valence-electron chi connectivity index (χ0n) is 19.1. The second kappa shape index (κ2) is 11.2. The number of amides is 2. The van der Waals surface area contributed by atoms with Gasteiger partial charge < -0.3 is 15.4 Å². The van der Waals surface area contributed by atoms with Gasteiger partial charge in [-0.1, -0.05) is 24.6 Å². The molecule has 0 aliphatic rings. The first-order valence-electron chi connectivity index (χ1n) is 10.6. The van der Waals surface area contributed by atoms with Crippen LogP contribution in [0.3, 0.4) is 0 Å². The van der Waals surface area contributed by atoms with Gasteiger partial charge in [0.05, 0.1) is 22.3 Å².